The van der Waals surface area contributed by atoms with E-state index in [1.807, 2.05) is 6.92 Å². The minimum atomic E-state index is -0.286. The van der Waals surface area contributed by atoms with Crippen molar-refractivity contribution in [3.8, 4) is 0 Å². The van der Waals surface area contributed by atoms with Crippen LogP contribution in [0.2, 0.25) is 0 Å². The Balaban J connectivity index is 2.10. The standard InChI is InChI=1S/C19H29N3O2/c1-12(2)15-6-8-16(9-7-15)17(13(3)4)21-14(5)18(23)22-11-10-20-19(22)24/h6-9,12-14,17,21H,10-11H2,1-5H3,(H,20,24)/p+1/t14-,17+/m1/s1. The van der Waals surface area contributed by atoms with Gasteiger partial charge in [0.1, 0.15) is 6.04 Å². The molecule has 2 atom stereocenters. The summed E-state index contributed by atoms with van der Waals surface area (Å²) in [4.78, 5) is 25.5. The molecule has 0 radical (unpaired) electrons. The van der Waals surface area contributed by atoms with Crippen LogP contribution in [0, 0.1) is 5.92 Å². The topological polar surface area (TPSA) is 66.0 Å². The van der Waals surface area contributed by atoms with Crippen molar-refractivity contribution in [2.75, 3.05) is 13.1 Å². The minimum Gasteiger partial charge on any atom is -0.336 e. The summed E-state index contributed by atoms with van der Waals surface area (Å²) >= 11 is 0. The molecule has 0 aromatic heterocycles. The average Bonchev–Trinajstić information content (AvgIpc) is 2.97. The van der Waals surface area contributed by atoms with Crippen LogP contribution in [0.5, 0.6) is 0 Å². The van der Waals surface area contributed by atoms with Crippen molar-refractivity contribution in [1.82, 2.24) is 10.2 Å². The number of carbonyl (C=O) groups is 2. The first-order valence-electron chi connectivity index (χ1n) is 8.85. The Hall–Kier alpha value is -1.88. The molecule has 1 aliphatic heterocycles. The minimum absolute atomic E-state index is 0.116. The van der Waals surface area contributed by atoms with E-state index in [2.05, 4.69) is 62.6 Å². The van der Waals surface area contributed by atoms with E-state index in [4.69, 9.17) is 0 Å². The molecular formula is C19H30N3O2+. The summed E-state index contributed by atoms with van der Waals surface area (Å²) in [5, 5.41) is 4.77. The van der Waals surface area contributed by atoms with Gasteiger partial charge < -0.3 is 10.6 Å². The number of urea groups is 1. The molecule has 1 fully saturated rings. The number of nitrogens with two attached hydrogens (primary N) is 1. The number of quaternary nitrogens is 1. The molecular weight excluding hydrogens is 302 g/mol. The van der Waals surface area contributed by atoms with Crippen molar-refractivity contribution in [3.63, 3.8) is 0 Å². The molecule has 0 spiro atoms. The van der Waals surface area contributed by atoms with Gasteiger partial charge in [-0.05, 0) is 18.4 Å². The zero-order valence-electron chi connectivity index (χ0n) is 15.4. The van der Waals surface area contributed by atoms with Gasteiger partial charge in [0.05, 0.1) is 0 Å². The lowest BCUT2D eigenvalue weighted by molar-refractivity contribution is -0.719. The largest absolute Gasteiger partial charge is 0.336 e. The van der Waals surface area contributed by atoms with Crippen molar-refractivity contribution >= 4 is 11.9 Å². The zero-order valence-corrected chi connectivity index (χ0v) is 15.4. The number of imide groups is 1. The highest BCUT2D eigenvalue weighted by Crippen LogP contribution is 2.21. The van der Waals surface area contributed by atoms with Crippen LogP contribution in [-0.2, 0) is 4.79 Å². The van der Waals surface area contributed by atoms with Crippen LogP contribution >= 0.6 is 0 Å². The fourth-order valence-electron chi connectivity index (χ4n) is 3.14. The summed E-state index contributed by atoms with van der Waals surface area (Å²) in [6.07, 6.45) is 0. The van der Waals surface area contributed by atoms with Gasteiger partial charge in [-0.15, -0.1) is 0 Å². The quantitative estimate of drug-likeness (QED) is 0.837. The van der Waals surface area contributed by atoms with Gasteiger partial charge in [-0.1, -0.05) is 52.0 Å². The monoisotopic (exact) mass is 332 g/mol. The van der Waals surface area contributed by atoms with Gasteiger partial charge in [0, 0.05) is 24.6 Å². The van der Waals surface area contributed by atoms with Crippen LogP contribution in [0.1, 0.15) is 57.7 Å². The van der Waals surface area contributed by atoms with E-state index in [0.29, 0.717) is 24.9 Å². The Morgan fingerprint density at radius 3 is 2.12 bits per heavy atom. The molecule has 3 amide bonds. The summed E-state index contributed by atoms with van der Waals surface area (Å²) in [7, 11) is 0. The highest BCUT2D eigenvalue weighted by atomic mass is 16.2. The molecule has 1 heterocycles. The summed E-state index contributed by atoms with van der Waals surface area (Å²) in [5.74, 6) is 0.779. The van der Waals surface area contributed by atoms with E-state index in [1.165, 1.54) is 16.0 Å². The molecule has 1 saturated heterocycles. The molecule has 24 heavy (non-hydrogen) atoms. The predicted octanol–water partition coefficient (Wildman–Crippen LogP) is 2.01. The number of benzene rings is 1. The highest BCUT2D eigenvalue weighted by molar-refractivity contribution is 5.97. The van der Waals surface area contributed by atoms with E-state index in [9.17, 15) is 9.59 Å². The van der Waals surface area contributed by atoms with Crippen LogP contribution in [0.15, 0.2) is 24.3 Å². The Morgan fingerprint density at radius 2 is 1.67 bits per heavy atom. The first kappa shape index (κ1) is 18.5. The molecule has 0 unspecified atom stereocenters. The second-order valence-electron chi connectivity index (χ2n) is 7.29. The number of nitrogens with zero attached hydrogens (tertiary/aromatic N) is 1. The molecule has 132 valence electrons. The van der Waals surface area contributed by atoms with E-state index >= 15 is 0 Å². The number of nitrogens with one attached hydrogen (secondary N) is 1. The molecule has 0 bridgehead atoms. The normalized spacial score (nSPS) is 17.3. The van der Waals surface area contributed by atoms with Gasteiger partial charge in [-0.2, -0.15) is 0 Å². The Kier molecular flexibility index (Phi) is 5.99. The Morgan fingerprint density at radius 1 is 1.08 bits per heavy atom. The average molecular weight is 332 g/mol. The number of hydrogen-bond donors (Lipinski definition) is 2. The van der Waals surface area contributed by atoms with Crippen LogP contribution in [0.3, 0.4) is 0 Å². The van der Waals surface area contributed by atoms with Crippen LogP contribution < -0.4 is 10.6 Å². The third-order valence-corrected chi connectivity index (χ3v) is 4.71. The molecule has 5 heteroatoms. The Labute approximate surface area is 144 Å². The third-order valence-electron chi connectivity index (χ3n) is 4.71. The summed E-state index contributed by atoms with van der Waals surface area (Å²) in [6.45, 7) is 11.6. The molecule has 1 aliphatic rings. The lowest BCUT2D eigenvalue weighted by atomic mass is 9.93. The van der Waals surface area contributed by atoms with E-state index in [-0.39, 0.29) is 24.0 Å². The van der Waals surface area contributed by atoms with Gasteiger partial charge in [0.25, 0.3) is 5.91 Å². The number of carbonyl (C=O) groups excluding carboxylic acids is 2. The second kappa shape index (κ2) is 7.79. The van der Waals surface area contributed by atoms with Gasteiger partial charge >= 0.3 is 6.03 Å². The summed E-state index contributed by atoms with van der Waals surface area (Å²) in [5.41, 5.74) is 2.54. The Bertz CT molecular complexity index is 581. The summed E-state index contributed by atoms with van der Waals surface area (Å²) in [6, 6.07) is 8.30. The summed E-state index contributed by atoms with van der Waals surface area (Å²) < 4.78 is 0. The SMILES string of the molecule is CC(C)c1ccc([C@@H]([NH2+][C@H](C)C(=O)N2CCNC2=O)C(C)C)cc1. The van der Waals surface area contributed by atoms with Crippen LogP contribution in [0.25, 0.3) is 0 Å². The smallest absolute Gasteiger partial charge is 0.324 e. The van der Waals surface area contributed by atoms with E-state index < -0.39 is 0 Å². The first-order chi connectivity index (χ1) is 11.3. The molecule has 3 N–H and O–H groups in total. The van der Waals surface area contributed by atoms with Gasteiger partial charge in [0.15, 0.2) is 6.04 Å². The van der Waals surface area contributed by atoms with Gasteiger partial charge in [0.2, 0.25) is 0 Å². The van der Waals surface area contributed by atoms with Crippen molar-refractivity contribution in [1.29, 1.82) is 0 Å². The van der Waals surface area contributed by atoms with Crippen molar-refractivity contribution < 1.29 is 14.9 Å². The maximum absolute atomic E-state index is 12.5. The molecule has 1 aromatic carbocycles. The molecule has 1 aromatic rings. The molecule has 2 rings (SSSR count). The number of rotatable bonds is 6. The predicted molar refractivity (Wildman–Crippen MR) is 94.6 cm³/mol. The van der Waals surface area contributed by atoms with E-state index in [0.717, 1.165) is 0 Å². The fraction of sp³-hybridized carbons (Fsp3) is 0.579. The van der Waals surface area contributed by atoms with Crippen molar-refractivity contribution in [2.45, 2.75) is 52.6 Å². The molecule has 0 aliphatic carbocycles. The number of amides is 3. The third kappa shape index (κ3) is 4.15. The first-order valence-corrected chi connectivity index (χ1v) is 8.85. The van der Waals surface area contributed by atoms with Crippen LogP contribution in [-0.4, -0.2) is 36.0 Å². The molecule has 0 saturated carbocycles. The highest BCUT2D eigenvalue weighted by Gasteiger charge is 2.34. The van der Waals surface area contributed by atoms with Crippen LogP contribution in [0.4, 0.5) is 4.79 Å². The molecule has 5 nitrogen and oxygen atoms in total. The second-order valence-corrected chi connectivity index (χ2v) is 7.29. The maximum Gasteiger partial charge on any atom is 0.324 e. The number of hydrogen-bond acceptors (Lipinski definition) is 2. The van der Waals surface area contributed by atoms with Gasteiger partial charge in [-0.25, -0.2) is 4.79 Å². The van der Waals surface area contributed by atoms with Crippen molar-refractivity contribution in [2.24, 2.45) is 5.92 Å². The van der Waals surface area contributed by atoms with Crippen molar-refractivity contribution in [3.05, 3.63) is 35.4 Å². The van der Waals surface area contributed by atoms with E-state index in [1.54, 1.807) is 0 Å². The zero-order chi connectivity index (χ0) is 17.9. The van der Waals surface area contributed by atoms with Gasteiger partial charge in [-0.3, -0.25) is 9.69 Å². The lowest BCUT2D eigenvalue weighted by Gasteiger charge is -2.25. The maximum atomic E-state index is 12.5. The lowest BCUT2D eigenvalue weighted by Crippen LogP contribution is -2.93. The fourth-order valence-corrected chi connectivity index (χ4v) is 3.14.